The van der Waals surface area contributed by atoms with Gasteiger partial charge in [0.15, 0.2) is 0 Å². The van der Waals surface area contributed by atoms with Gasteiger partial charge in [-0.15, -0.1) is 0 Å². The van der Waals surface area contributed by atoms with Crippen molar-refractivity contribution in [3.8, 4) is 11.1 Å². The summed E-state index contributed by atoms with van der Waals surface area (Å²) < 4.78 is 2.45. The van der Waals surface area contributed by atoms with Crippen molar-refractivity contribution in [3.63, 3.8) is 0 Å². The van der Waals surface area contributed by atoms with E-state index in [1.165, 1.54) is 68.9 Å². The van der Waals surface area contributed by atoms with Gasteiger partial charge in [0.2, 0.25) is 11.8 Å². The van der Waals surface area contributed by atoms with Crippen LogP contribution < -0.4 is 16.4 Å². The summed E-state index contributed by atoms with van der Waals surface area (Å²) in [7, 11) is 0. The Labute approximate surface area is 358 Å². The minimum Gasteiger partial charge on any atom is -0.366 e. The van der Waals surface area contributed by atoms with Crippen molar-refractivity contribution in [2.45, 2.75) is 142 Å². The topological polar surface area (TPSA) is 94.3 Å². The summed E-state index contributed by atoms with van der Waals surface area (Å²) >= 11 is 0. The number of anilines is 3. The van der Waals surface area contributed by atoms with E-state index in [0.717, 1.165) is 64.6 Å². The molecule has 1 aromatic heterocycles. The third-order valence-electron chi connectivity index (χ3n) is 13.5. The maximum absolute atomic E-state index is 13.4. The van der Waals surface area contributed by atoms with Gasteiger partial charge in [-0.1, -0.05) is 154 Å². The average molecular weight is 803 g/mol. The lowest BCUT2D eigenvalue weighted by molar-refractivity contribution is 0.0998. The predicted octanol–water partition coefficient (Wildman–Crippen LogP) is 14.4. The van der Waals surface area contributed by atoms with Crippen molar-refractivity contribution < 1.29 is 9.59 Å². The van der Waals surface area contributed by atoms with Crippen LogP contribution in [0.4, 0.5) is 17.1 Å². The highest BCUT2D eigenvalue weighted by molar-refractivity contribution is 6.19. The molecule has 7 rings (SSSR count). The predicted molar refractivity (Wildman–Crippen MR) is 253 cm³/mol. The number of rotatable bonds is 17. The lowest BCUT2D eigenvalue weighted by Crippen LogP contribution is -2.18. The van der Waals surface area contributed by atoms with Crippen LogP contribution in [0.5, 0.6) is 0 Å². The second-order valence-electron chi connectivity index (χ2n) is 18.7. The van der Waals surface area contributed by atoms with Crippen LogP contribution in [0, 0.1) is 0 Å². The second-order valence-corrected chi connectivity index (χ2v) is 18.7. The molecular weight excluding hydrogens is 737 g/mol. The van der Waals surface area contributed by atoms with Crippen LogP contribution >= 0.6 is 0 Å². The SMILES string of the molecule is CCCCCC(C)(C)c1ccc(N(c2ccc(C(C)(C)CCCCC)cc2)c2ccc3c(-c4ccc5cccc(C(N)=O)c5c4C(N)=O)cn(C4CCCCC4)c3c2)cc1. The van der Waals surface area contributed by atoms with Crippen LogP contribution in [0.3, 0.4) is 0 Å². The van der Waals surface area contributed by atoms with Gasteiger partial charge in [0.1, 0.15) is 0 Å². The Balaban J connectivity index is 1.40. The minimum absolute atomic E-state index is 0.0877. The maximum atomic E-state index is 13.4. The van der Waals surface area contributed by atoms with E-state index in [2.05, 4.69) is 124 Å². The molecule has 0 spiro atoms. The Hall–Kier alpha value is -5.36. The van der Waals surface area contributed by atoms with E-state index >= 15 is 0 Å². The van der Waals surface area contributed by atoms with Gasteiger partial charge in [0, 0.05) is 51.2 Å². The lowest BCUT2D eigenvalue weighted by atomic mass is 9.80. The monoisotopic (exact) mass is 803 g/mol. The molecule has 1 aliphatic rings. The Morgan fingerprint density at radius 3 is 1.75 bits per heavy atom. The van der Waals surface area contributed by atoms with Crippen molar-refractivity contribution in [1.29, 1.82) is 0 Å². The van der Waals surface area contributed by atoms with E-state index in [-0.39, 0.29) is 10.8 Å². The van der Waals surface area contributed by atoms with Crippen LogP contribution in [-0.4, -0.2) is 16.4 Å². The number of fused-ring (bicyclic) bond motifs is 2. The molecule has 1 saturated carbocycles. The molecule has 0 unspecified atom stereocenters. The second kappa shape index (κ2) is 18.1. The fourth-order valence-corrected chi connectivity index (χ4v) is 9.81. The third-order valence-corrected chi connectivity index (χ3v) is 13.5. The number of carbonyl (C=O) groups is 2. The van der Waals surface area contributed by atoms with E-state index in [1.54, 1.807) is 12.1 Å². The summed E-state index contributed by atoms with van der Waals surface area (Å²) in [4.78, 5) is 28.5. The molecule has 6 aromatic rings. The number of benzene rings is 5. The number of amides is 2. The van der Waals surface area contributed by atoms with Crippen molar-refractivity contribution in [3.05, 3.63) is 126 Å². The molecule has 6 heteroatoms. The molecule has 0 aliphatic heterocycles. The van der Waals surface area contributed by atoms with Gasteiger partial charge >= 0.3 is 0 Å². The number of hydrogen-bond donors (Lipinski definition) is 2. The molecule has 5 aromatic carbocycles. The molecule has 0 radical (unpaired) electrons. The first-order chi connectivity index (χ1) is 28.8. The summed E-state index contributed by atoms with van der Waals surface area (Å²) in [5.41, 5.74) is 21.6. The van der Waals surface area contributed by atoms with E-state index < -0.39 is 11.8 Å². The summed E-state index contributed by atoms with van der Waals surface area (Å²) in [6.07, 6.45) is 17.7. The van der Waals surface area contributed by atoms with Gasteiger partial charge in [0.05, 0.1) is 11.1 Å². The van der Waals surface area contributed by atoms with Crippen LogP contribution in [0.25, 0.3) is 32.8 Å². The highest BCUT2D eigenvalue weighted by Crippen LogP contribution is 2.44. The van der Waals surface area contributed by atoms with Crippen LogP contribution in [0.1, 0.15) is 163 Å². The first kappa shape index (κ1) is 42.8. The summed E-state index contributed by atoms with van der Waals surface area (Å²) in [6.45, 7) is 14.0. The summed E-state index contributed by atoms with van der Waals surface area (Å²) in [5.74, 6) is -1.17. The molecule has 0 atom stereocenters. The number of nitrogens with two attached hydrogens (primary N) is 2. The van der Waals surface area contributed by atoms with Crippen LogP contribution in [-0.2, 0) is 10.8 Å². The number of unbranched alkanes of at least 4 members (excludes halogenated alkanes) is 4. The average Bonchev–Trinajstić information content (AvgIpc) is 3.62. The Bertz CT molecular complexity index is 2380. The first-order valence-electron chi connectivity index (χ1n) is 22.7. The first-order valence-corrected chi connectivity index (χ1v) is 22.7. The van der Waals surface area contributed by atoms with Gasteiger partial charge in [0.25, 0.3) is 0 Å². The molecule has 1 fully saturated rings. The van der Waals surface area contributed by atoms with Gasteiger partial charge in [-0.05, 0) is 101 Å². The third kappa shape index (κ3) is 8.75. The zero-order chi connectivity index (χ0) is 42.6. The molecule has 0 bridgehead atoms. The Morgan fingerprint density at radius 1 is 0.650 bits per heavy atom. The maximum Gasteiger partial charge on any atom is 0.249 e. The number of carbonyl (C=O) groups excluding carboxylic acids is 2. The Kier molecular flexibility index (Phi) is 12.9. The van der Waals surface area contributed by atoms with Crippen molar-refractivity contribution in [2.75, 3.05) is 4.90 Å². The van der Waals surface area contributed by atoms with E-state index in [9.17, 15) is 9.59 Å². The highest BCUT2D eigenvalue weighted by Gasteiger charge is 2.27. The minimum atomic E-state index is -0.587. The van der Waals surface area contributed by atoms with Gasteiger partial charge in [-0.2, -0.15) is 0 Å². The standard InChI is InChI=1S/C54H66N4O2/c1-7-9-14-33-53(3,4)38-22-26-41(27-23-38)58(42-28-24-39(25-29-42)54(5,6)34-15-10-8-2)43-30-32-44-47(36-57(48(44)35-43)40-18-12-11-13-19-40)45-31-21-37-17-16-20-46(51(55)59)49(37)50(45)52(56)60/h16-17,20-32,35-36,40H,7-15,18-19,33-34H2,1-6H3,(H2,55,59)(H2,56,60). The number of nitrogens with zero attached hydrogens (tertiary/aromatic N) is 2. The molecule has 6 nitrogen and oxygen atoms in total. The fourth-order valence-electron chi connectivity index (χ4n) is 9.81. The molecule has 1 aliphatic carbocycles. The molecule has 60 heavy (non-hydrogen) atoms. The van der Waals surface area contributed by atoms with Crippen molar-refractivity contribution >= 4 is 50.6 Å². The molecule has 2 amide bonds. The number of hydrogen-bond acceptors (Lipinski definition) is 3. The quantitative estimate of drug-likeness (QED) is 0.0899. The van der Waals surface area contributed by atoms with Crippen molar-refractivity contribution in [1.82, 2.24) is 4.57 Å². The van der Waals surface area contributed by atoms with E-state index in [1.807, 2.05) is 18.2 Å². The zero-order valence-electron chi connectivity index (χ0n) is 37.0. The number of aromatic nitrogens is 1. The highest BCUT2D eigenvalue weighted by atomic mass is 16.1. The molecular formula is C54H66N4O2. The van der Waals surface area contributed by atoms with E-state index in [4.69, 9.17) is 11.5 Å². The lowest BCUT2D eigenvalue weighted by Gasteiger charge is -2.30. The number of primary amides is 2. The molecule has 4 N–H and O–H groups in total. The van der Waals surface area contributed by atoms with Gasteiger partial charge in [-0.25, -0.2) is 0 Å². The van der Waals surface area contributed by atoms with Crippen molar-refractivity contribution in [2.24, 2.45) is 11.5 Å². The fraction of sp³-hybridized carbons (Fsp3) is 0.407. The Morgan fingerprint density at radius 2 is 1.22 bits per heavy atom. The molecule has 0 saturated heterocycles. The molecule has 1 heterocycles. The largest absolute Gasteiger partial charge is 0.366 e. The van der Waals surface area contributed by atoms with E-state index in [0.29, 0.717) is 28.1 Å². The molecule has 314 valence electrons. The zero-order valence-corrected chi connectivity index (χ0v) is 37.0. The van der Waals surface area contributed by atoms with Gasteiger partial charge < -0.3 is 20.9 Å². The van der Waals surface area contributed by atoms with Crippen LogP contribution in [0.2, 0.25) is 0 Å². The summed E-state index contributed by atoms with van der Waals surface area (Å²) in [6, 6.07) is 34.8. The van der Waals surface area contributed by atoms with Crippen LogP contribution in [0.15, 0.2) is 103 Å². The normalized spacial score (nSPS) is 13.9. The van der Waals surface area contributed by atoms with Gasteiger partial charge in [-0.3, -0.25) is 9.59 Å². The summed E-state index contributed by atoms with van der Waals surface area (Å²) in [5, 5.41) is 2.30. The smallest absolute Gasteiger partial charge is 0.249 e.